The lowest BCUT2D eigenvalue weighted by molar-refractivity contribution is -0.137. The molecule has 1 aliphatic carbocycles. The topological polar surface area (TPSA) is 46.5 Å². The van der Waals surface area contributed by atoms with Gasteiger partial charge in [0, 0.05) is 0 Å². The number of rotatable bonds is 5. The van der Waals surface area contributed by atoms with Crippen molar-refractivity contribution in [3.8, 4) is 5.75 Å². The van der Waals surface area contributed by atoms with Crippen LogP contribution in [0.2, 0.25) is 0 Å². The lowest BCUT2D eigenvalue weighted by atomic mass is 9.75. The van der Waals surface area contributed by atoms with Gasteiger partial charge in [0.2, 0.25) is 0 Å². The van der Waals surface area contributed by atoms with Crippen molar-refractivity contribution in [1.29, 1.82) is 0 Å². The fourth-order valence-corrected chi connectivity index (χ4v) is 3.15. The maximum Gasteiger partial charge on any atom is 0.303 e. The van der Waals surface area contributed by atoms with Crippen LogP contribution in [0.3, 0.4) is 0 Å². The van der Waals surface area contributed by atoms with Crippen LogP contribution in [0.5, 0.6) is 5.75 Å². The number of carboxylic acids is 1. The van der Waals surface area contributed by atoms with Gasteiger partial charge >= 0.3 is 5.97 Å². The van der Waals surface area contributed by atoms with Crippen molar-refractivity contribution < 1.29 is 14.6 Å². The van der Waals surface area contributed by atoms with E-state index in [0.29, 0.717) is 5.92 Å². The Balaban J connectivity index is 2.21. The van der Waals surface area contributed by atoms with Gasteiger partial charge in [-0.15, -0.1) is 0 Å². The van der Waals surface area contributed by atoms with Gasteiger partial charge in [0.25, 0.3) is 0 Å². The van der Waals surface area contributed by atoms with E-state index < -0.39 is 5.97 Å². The van der Waals surface area contributed by atoms with E-state index in [1.807, 2.05) is 24.3 Å². The van der Waals surface area contributed by atoms with Crippen molar-refractivity contribution in [2.75, 3.05) is 7.11 Å². The number of hydrogen-bond acceptors (Lipinski definition) is 2. The van der Waals surface area contributed by atoms with Gasteiger partial charge in [-0.05, 0) is 42.4 Å². The van der Waals surface area contributed by atoms with Gasteiger partial charge in [-0.25, -0.2) is 0 Å². The van der Waals surface area contributed by atoms with E-state index >= 15 is 0 Å². The molecule has 104 valence electrons. The summed E-state index contributed by atoms with van der Waals surface area (Å²) < 4.78 is 5.25. The Morgan fingerprint density at radius 1 is 1.37 bits per heavy atom. The third-order valence-corrected chi connectivity index (χ3v) is 4.14. The predicted molar refractivity (Wildman–Crippen MR) is 74.6 cm³/mol. The van der Waals surface area contributed by atoms with Crippen LogP contribution in [0.25, 0.3) is 0 Å². The summed E-state index contributed by atoms with van der Waals surface area (Å²) >= 11 is 0. The molecule has 1 fully saturated rings. The van der Waals surface area contributed by atoms with Gasteiger partial charge in [0.15, 0.2) is 0 Å². The molecular formula is C16H22O3. The van der Waals surface area contributed by atoms with E-state index in [1.54, 1.807) is 7.11 Å². The third kappa shape index (κ3) is 3.72. The van der Waals surface area contributed by atoms with Gasteiger partial charge in [-0.3, -0.25) is 4.79 Å². The Morgan fingerprint density at radius 2 is 2.11 bits per heavy atom. The van der Waals surface area contributed by atoms with E-state index in [0.717, 1.165) is 24.2 Å². The second-order valence-electron chi connectivity index (χ2n) is 5.38. The Hall–Kier alpha value is -1.51. The molecule has 1 aromatic carbocycles. The molecule has 0 heterocycles. The number of benzene rings is 1. The SMILES string of the molecule is COc1cccc(C(CC(=O)O)C2CCCCC2)c1. The van der Waals surface area contributed by atoms with Gasteiger partial charge in [0.1, 0.15) is 5.75 Å². The molecule has 1 aromatic rings. The maximum absolute atomic E-state index is 11.1. The summed E-state index contributed by atoms with van der Waals surface area (Å²) in [7, 11) is 1.64. The minimum Gasteiger partial charge on any atom is -0.497 e. The molecule has 0 amide bonds. The number of ether oxygens (including phenoxy) is 1. The monoisotopic (exact) mass is 262 g/mol. The van der Waals surface area contributed by atoms with Crippen LogP contribution in [0.1, 0.15) is 50.0 Å². The average molecular weight is 262 g/mol. The second kappa shape index (κ2) is 6.60. The van der Waals surface area contributed by atoms with E-state index in [4.69, 9.17) is 4.74 Å². The fraction of sp³-hybridized carbons (Fsp3) is 0.562. The molecule has 1 aliphatic rings. The van der Waals surface area contributed by atoms with Crippen molar-refractivity contribution in [2.24, 2.45) is 5.92 Å². The highest BCUT2D eigenvalue weighted by Crippen LogP contribution is 2.38. The standard InChI is InChI=1S/C16H22O3/c1-19-14-9-5-8-13(10-14)15(11-16(17)18)12-6-3-2-4-7-12/h5,8-10,12,15H,2-4,6-7,11H2,1H3,(H,17,18). The van der Waals surface area contributed by atoms with Crippen molar-refractivity contribution >= 4 is 5.97 Å². The molecule has 1 N–H and O–H groups in total. The molecule has 0 saturated heterocycles. The minimum atomic E-state index is -0.710. The zero-order chi connectivity index (χ0) is 13.7. The summed E-state index contributed by atoms with van der Waals surface area (Å²) in [5, 5.41) is 9.17. The summed E-state index contributed by atoms with van der Waals surface area (Å²) in [6.07, 6.45) is 6.26. The van der Waals surface area contributed by atoms with Gasteiger partial charge in [0.05, 0.1) is 13.5 Å². The fourth-order valence-electron chi connectivity index (χ4n) is 3.15. The highest BCUT2D eigenvalue weighted by atomic mass is 16.5. The summed E-state index contributed by atoms with van der Waals surface area (Å²) in [5.74, 6) is 0.715. The Labute approximate surface area is 114 Å². The molecule has 3 nitrogen and oxygen atoms in total. The van der Waals surface area contributed by atoms with Gasteiger partial charge < -0.3 is 9.84 Å². The molecule has 1 atom stereocenters. The van der Waals surface area contributed by atoms with Crippen LogP contribution in [0.4, 0.5) is 0 Å². The average Bonchev–Trinajstić information content (AvgIpc) is 2.45. The zero-order valence-corrected chi connectivity index (χ0v) is 11.5. The smallest absolute Gasteiger partial charge is 0.303 e. The van der Waals surface area contributed by atoms with Crippen LogP contribution in [0.15, 0.2) is 24.3 Å². The largest absolute Gasteiger partial charge is 0.497 e. The minimum absolute atomic E-state index is 0.118. The summed E-state index contributed by atoms with van der Waals surface area (Å²) in [6, 6.07) is 7.88. The van der Waals surface area contributed by atoms with E-state index in [2.05, 4.69) is 0 Å². The summed E-state index contributed by atoms with van der Waals surface area (Å²) in [5.41, 5.74) is 1.11. The first-order chi connectivity index (χ1) is 9.20. The molecule has 19 heavy (non-hydrogen) atoms. The van der Waals surface area contributed by atoms with Crippen molar-refractivity contribution in [1.82, 2.24) is 0 Å². The molecule has 1 saturated carbocycles. The number of hydrogen-bond donors (Lipinski definition) is 1. The van der Waals surface area contributed by atoms with Gasteiger partial charge in [-0.2, -0.15) is 0 Å². The molecule has 0 bridgehead atoms. The van der Waals surface area contributed by atoms with Crippen LogP contribution < -0.4 is 4.74 Å². The molecule has 0 aliphatic heterocycles. The third-order valence-electron chi connectivity index (χ3n) is 4.14. The molecule has 1 unspecified atom stereocenters. The Bertz CT molecular complexity index is 422. The quantitative estimate of drug-likeness (QED) is 0.877. The maximum atomic E-state index is 11.1. The molecule has 2 rings (SSSR count). The highest BCUT2D eigenvalue weighted by molar-refractivity contribution is 5.68. The zero-order valence-electron chi connectivity index (χ0n) is 11.5. The molecule has 0 spiro atoms. The first-order valence-corrected chi connectivity index (χ1v) is 7.06. The van der Waals surface area contributed by atoms with E-state index in [-0.39, 0.29) is 12.3 Å². The van der Waals surface area contributed by atoms with Gasteiger partial charge in [-0.1, -0.05) is 31.4 Å². The van der Waals surface area contributed by atoms with E-state index in [9.17, 15) is 9.90 Å². The van der Waals surface area contributed by atoms with Crippen LogP contribution >= 0.6 is 0 Å². The Morgan fingerprint density at radius 3 is 2.74 bits per heavy atom. The number of carbonyl (C=O) groups is 1. The molecule has 0 radical (unpaired) electrons. The lowest BCUT2D eigenvalue weighted by Gasteiger charge is -2.30. The molecular weight excluding hydrogens is 240 g/mol. The van der Waals surface area contributed by atoms with Crippen LogP contribution in [-0.4, -0.2) is 18.2 Å². The number of aliphatic carboxylic acids is 1. The summed E-state index contributed by atoms with van der Waals surface area (Å²) in [6.45, 7) is 0. The van der Waals surface area contributed by atoms with Crippen molar-refractivity contribution in [3.63, 3.8) is 0 Å². The van der Waals surface area contributed by atoms with Crippen molar-refractivity contribution in [3.05, 3.63) is 29.8 Å². The normalized spacial score (nSPS) is 17.9. The molecule has 3 heteroatoms. The number of carboxylic acid groups (broad SMARTS) is 1. The lowest BCUT2D eigenvalue weighted by Crippen LogP contribution is -2.19. The highest BCUT2D eigenvalue weighted by Gasteiger charge is 2.27. The van der Waals surface area contributed by atoms with Crippen molar-refractivity contribution in [2.45, 2.75) is 44.4 Å². The van der Waals surface area contributed by atoms with Crippen LogP contribution in [0, 0.1) is 5.92 Å². The van der Waals surface area contributed by atoms with E-state index in [1.165, 1.54) is 19.3 Å². The first kappa shape index (κ1) is 13.9. The second-order valence-corrected chi connectivity index (χ2v) is 5.38. The number of methoxy groups -OCH3 is 1. The summed E-state index contributed by atoms with van der Waals surface area (Å²) in [4.78, 5) is 11.1. The van der Waals surface area contributed by atoms with Crippen LogP contribution in [-0.2, 0) is 4.79 Å². The predicted octanol–water partition coefficient (Wildman–Crippen LogP) is 3.83. The molecule has 0 aromatic heterocycles. The first-order valence-electron chi connectivity index (χ1n) is 7.06. The Kier molecular flexibility index (Phi) is 4.83.